The van der Waals surface area contributed by atoms with E-state index >= 15 is 0 Å². The Kier molecular flexibility index (Phi) is 5.88. The highest BCUT2D eigenvalue weighted by Crippen LogP contribution is 2.42. The summed E-state index contributed by atoms with van der Waals surface area (Å²) < 4.78 is 47.1. The molecule has 1 N–H and O–H groups in total. The lowest BCUT2D eigenvalue weighted by Gasteiger charge is -2.31. The first-order valence-corrected chi connectivity index (χ1v) is 11.6. The molecular weight excluding hydrogens is 431 g/mol. The Bertz CT molecular complexity index is 1270. The molecule has 3 aromatic carbocycles. The van der Waals surface area contributed by atoms with Crippen molar-refractivity contribution in [3.8, 4) is 16.9 Å². The third-order valence-electron chi connectivity index (χ3n) is 5.02. The van der Waals surface area contributed by atoms with Crippen molar-refractivity contribution < 1.29 is 22.3 Å². The van der Waals surface area contributed by atoms with Gasteiger partial charge in [0.2, 0.25) is 5.91 Å². The average Bonchev–Trinajstić information content (AvgIpc) is 2.75. The first-order chi connectivity index (χ1) is 15.3. The van der Waals surface area contributed by atoms with Crippen molar-refractivity contribution in [1.29, 1.82) is 0 Å². The van der Waals surface area contributed by atoms with Crippen LogP contribution in [0.1, 0.15) is 19.4 Å². The third kappa shape index (κ3) is 4.31. The average molecular weight is 455 g/mol. The van der Waals surface area contributed by atoms with E-state index in [2.05, 4.69) is 5.32 Å². The number of carbonyl (C=O) groups is 1. The molecule has 0 bridgehead atoms. The van der Waals surface area contributed by atoms with Gasteiger partial charge < -0.3 is 10.1 Å². The van der Waals surface area contributed by atoms with Crippen molar-refractivity contribution in [3.05, 3.63) is 78.1 Å². The number of hydrogen-bond donors (Lipinski definition) is 1. The highest BCUT2D eigenvalue weighted by molar-refractivity contribution is 7.93. The van der Waals surface area contributed by atoms with Gasteiger partial charge in [-0.25, -0.2) is 12.8 Å². The van der Waals surface area contributed by atoms with Crippen LogP contribution in [0, 0.1) is 5.82 Å². The van der Waals surface area contributed by atoms with Crippen LogP contribution in [0.5, 0.6) is 5.75 Å². The number of fused-ring (bicyclic) bond motifs is 3. The Morgan fingerprint density at radius 3 is 2.59 bits per heavy atom. The van der Waals surface area contributed by atoms with E-state index in [1.807, 2.05) is 38.1 Å². The van der Waals surface area contributed by atoms with Crippen LogP contribution in [0.4, 0.5) is 10.1 Å². The van der Waals surface area contributed by atoms with Gasteiger partial charge in [-0.05, 0) is 55.8 Å². The molecular formula is C24H23FN2O4S. The number of nitrogens with one attached hydrogen (secondary N) is 1. The van der Waals surface area contributed by atoms with E-state index < -0.39 is 28.3 Å². The molecule has 1 aliphatic heterocycles. The predicted octanol–water partition coefficient (Wildman–Crippen LogP) is 4.11. The van der Waals surface area contributed by atoms with Crippen LogP contribution in [0.25, 0.3) is 11.1 Å². The summed E-state index contributed by atoms with van der Waals surface area (Å²) in [6, 6.07) is 17.6. The molecule has 1 heterocycles. The van der Waals surface area contributed by atoms with Gasteiger partial charge in [0.15, 0.2) is 0 Å². The Hall–Kier alpha value is -3.39. The Morgan fingerprint density at radius 2 is 1.81 bits per heavy atom. The van der Waals surface area contributed by atoms with Crippen molar-refractivity contribution in [2.75, 3.05) is 10.8 Å². The van der Waals surface area contributed by atoms with Gasteiger partial charge >= 0.3 is 0 Å². The molecule has 32 heavy (non-hydrogen) atoms. The molecule has 0 fully saturated rings. The predicted molar refractivity (Wildman–Crippen MR) is 120 cm³/mol. The van der Waals surface area contributed by atoms with E-state index in [1.165, 1.54) is 24.3 Å². The monoisotopic (exact) mass is 454 g/mol. The summed E-state index contributed by atoms with van der Waals surface area (Å²) >= 11 is 0. The molecule has 166 valence electrons. The lowest BCUT2D eigenvalue weighted by atomic mass is 10.0. The van der Waals surface area contributed by atoms with Crippen molar-refractivity contribution in [2.24, 2.45) is 0 Å². The fourth-order valence-corrected chi connectivity index (χ4v) is 5.31. The molecule has 0 aliphatic carbocycles. The second-order valence-electron chi connectivity index (χ2n) is 7.76. The highest BCUT2D eigenvalue weighted by Gasteiger charge is 2.36. The molecule has 0 radical (unpaired) electrons. The van der Waals surface area contributed by atoms with Crippen LogP contribution in [0.2, 0.25) is 0 Å². The minimum absolute atomic E-state index is 0.0249. The van der Waals surface area contributed by atoms with E-state index in [0.29, 0.717) is 16.9 Å². The number of carbonyl (C=O) groups excluding carboxylic acids is 1. The first-order valence-electron chi connectivity index (χ1n) is 10.2. The molecule has 0 aromatic heterocycles. The molecule has 0 spiro atoms. The van der Waals surface area contributed by atoms with Crippen LogP contribution in [-0.4, -0.2) is 27.0 Å². The van der Waals surface area contributed by atoms with Crippen molar-refractivity contribution in [1.82, 2.24) is 5.32 Å². The van der Waals surface area contributed by atoms with Crippen LogP contribution in [0.3, 0.4) is 0 Å². The van der Waals surface area contributed by atoms with E-state index in [4.69, 9.17) is 4.74 Å². The molecule has 8 heteroatoms. The molecule has 0 saturated heterocycles. The van der Waals surface area contributed by atoms with Gasteiger partial charge in [0.05, 0.1) is 16.7 Å². The molecule has 4 rings (SSSR count). The lowest BCUT2D eigenvalue weighted by molar-refractivity contribution is -0.119. The zero-order chi connectivity index (χ0) is 22.9. The number of anilines is 1. The molecule has 0 saturated carbocycles. The second-order valence-corrected chi connectivity index (χ2v) is 9.59. The smallest absolute Gasteiger partial charge is 0.265 e. The fraction of sp³-hybridized carbons (Fsp3) is 0.208. The van der Waals surface area contributed by atoms with Crippen molar-refractivity contribution in [2.45, 2.75) is 31.4 Å². The lowest BCUT2D eigenvalue weighted by Crippen LogP contribution is -2.42. The maximum atomic E-state index is 13.9. The van der Waals surface area contributed by atoms with E-state index in [0.717, 1.165) is 9.87 Å². The highest BCUT2D eigenvalue weighted by atomic mass is 32.2. The van der Waals surface area contributed by atoms with Gasteiger partial charge in [-0.3, -0.25) is 9.10 Å². The number of halogens is 1. The number of hydrogen-bond acceptors (Lipinski definition) is 4. The summed E-state index contributed by atoms with van der Waals surface area (Å²) in [5, 5.41) is 2.76. The summed E-state index contributed by atoms with van der Waals surface area (Å²) in [5.74, 6) is -0.262. The van der Waals surface area contributed by atoms with Gasteiger partial charge in [0.1, 0.15) is 18.1 Å². The molecule has 0 atom stereocenters. The summed E-state index contributed by atoms with van der Waals surface area (Å²) in [7, 11) is -3.98. The maximum absolute atomic E-state index is 13.9. The van der Waals surface area contributed by atoms with Gasteiger partial charge in [0.25, 0.3) is 10.0 Å². The molecule has 0 unspecified atom stereocenters. The largest absolute Gasteiger partial charge is 0.491 e. The zero-order valence-corrected chi connectivity index (χ0v) is 18.5. The topological polar surface area (TPSA) is 75.7 Å². The SMILES string of the molecule is CC(C)Oc1cccc(CNC(=O)CN2c3ccc(F)cc3-c3ccccc3S2(=O)=O)c1. The number of benzene rings is 3. The van der Waals surface area contributed by atoms with Gasteiger partial charge in [-0.1, -0.05) is 30.3 Å². The van der Waals surface area contributed by atoms with Crippen LogP contribution < -0.4 is 14.4 Å². The Morgan fingerprint density at radius 1 is 1.03 bits per heavy atom. The molecule has 3 aromatic rings. The third-order valence-corrected chi connectivity index (χ3v) is 6.84. The number of ether oxygens (including phenoxy) is 1. The van der Waals surface area contributed by atoms with Gasteiger partial charge in [-0.15, -0.1) is 0 Å². The van der Waals surface area contributed by atoms with E-state index in [9.17, 15) is 17.6 Å². The number of rotatable bonds is 6. The molecule has 1 amide bonds. The standard InChI is InChI=1S/C24H23FN2O4S/c1-16(2)31-19-7-5-6-17(12-19)14-26-24(28)15-27-22-11-10-18(25)13-21(22)20-8-3-4-9-23(20)32(27,29)30/h3-13,16H,14-15H2,1-2H3,(H,26,28). The normalized spacial score (nSPS) is 13.9. The number of sulfonamides is 1. The minimum atomic E-state index is -3.98. The fourth-order valence-electron chi connectivity index (χ4n) is 3.66. The molecule has 6 nitrogen and oxygen atoms in total. The Balaban J connectivity index is 1.56. The number of amides is 1. The summed E-state index contributed by atoms with van der Waals surface area (Å²) in [6.45, 7) is 3.65. The maximum Gasteiger partial charge on any atom is 0.265 e. The van der Waals surface area contributed by atoms with Gasteiger partial charge in [0, 0.05) is 17.7 Å². The number of nitrogens with zero attached hydrogens (tertiary/aromatic N) is 1. The second kappa shape index (κ2) is 8.63. The van der Waals surface area contributed by atoms with Crippen LogP contribution in [-0.2, 0) is 21.4 Å². The van der Waals surface area contributed by atoms with E-state index in [-0.39, 0.29) is 23.2 Å². The minimum Gasteiger partial charge on any atom is -0.491 e. The van der Waals surface area contributed by atoms with Crippen LogP contribution in [0.15, 0.2) is 71.6 Å². The molecule has 1 aliphatic rings. The Labute approximate surface area is 186 Å². The summed E-state index contributed by atoms with van der Waals surface area (Å²) in [5.41, 5.74) is 1.95. The van der Waals surface area contributed by atoms with Crippen LogP contribution >= 0.6 is 0 Å². The van der Waals surface area contributed by atoms with Crippen molar-refractivity contribution in [3.63, 3.8) is 0 Å². The quantitative estimate of drug-likeness (QED) is 0.608. The zero-order valence-electron chi connectivity index (χ0n) is 17.7. The summed E-state index contributed by atoms with van der Waals surface area (Å²) in [4.78, 5) is 12.7. The van der Waals surface area contributed by atoms with Gasteiger partial charge in [-0.2, -0.15) is 0 Å². The summed E-state index contributed by atoms with van der Waals surface area (Å²) in [6.07, 6.45) is 0.0249. The van der Waals surface area contributed by atoms with E-state index in [1.54, 1.807) is 18.2 Å². The first kappa shape index (κ1) is 21.8. The van der Waals surface area contributed by atoms with Crippen molar-refractivity contribution >= 4 is 21.6 Å².